The van der Waals surface area contributed by atoms with E-state index in [0.717, 1.165) is 17.7 Å². The van der Waals surface area contributed by atoms with E-state index < -0.39 is 47.7 Å². The molecule has 42 heavy (non-hydrogen) atoms. The van der Waals surface area contributed by atoms with Crippen LogP contribution in [0.2, 0.25) is 0 Å². The molecule has 0 radical (unpaired) electrons. The third kappa shape index (κ3) is 6.89. The molecule has 2 aromatic carbocycles. The maximum absolute atomic E-state index is 14.1. The summed E-state index contributed by atoms with van der Waals surface area (Å²) in [5.41, 5.74) is 7.08. The van der Waals surface area contributed by atoms with Gasteiger partial charge in [0, 0.05) is 24.1 Å². The van der Waals surface area contributed by atoms with Crippen LogP contribution in [0.3, 0.4) is 0 Å². The van der Waals surface area contributed by atoms with E-state index >= 15 is 0 Å². The van der Waals surface area contributed by atoms with Crippen molar-refractivity contribution in [2.24, 2.45) is 5.73 Å². The molecule has 0 saturated carbocycles. The average molecular weight is 582 g/mol. The van der Waals surface area contributed by atoms with Gasteiger partial charge in [-0.15, -0.1) is 0 Å². The Morgan fingerprint density at radius 2 is 1.71 bits per heavy atom. The summed E-state index contributed by atoms with van der Waals surface area (Å²) in [7, 11) is 0. The maximum Gasteiger partial charge on any atom is 0.251 e. The molecule has 12 heteroatoms. The third-order valence-electron chi connectivity index (χ3n) is 7.09. The van der Waals surface area contributed by atoms with Crippen LogP contribution in [-0.2, 0) is 19.1 Å². The van der Waals surface area contributed by atoms with Crippen molar-refractivity contribution in [1.29, 1.82) is 5.41 Å². The molecular weight excluding hydrogens is 548 g/mol. The minimum atomic E-state index is -1.10. The van der Waals surface area contributed by atoms with Gasteiger partial charge >= 0.3 is 0 Å². The molecule has 4 rings (SSSR count). The lowest BCUT2D eigenvalue weighted by atomic mass is 10.0. The highest BCUT2D eigenvalue weighted by Gasteiger charge is 2.52. The number of amidine groups is 1. The molecule has 2 heterocycles. The lowest BCUT2D eigenvalue weighted by Gasteiger charge is -2.24. The number of rotatable bonds is 9. The number of nitrogens with one attached hydrogen (secondary N) is 3. The molecule has 0 bridgehead atoms. The largest absolute Gasteiger partial charge is 0.384 e. The van der Waals surface area contributed by atoms with E-state index in [1.54, 1.807) is 26.0 Å². The predicted molar refractivity (Wildman–Crippen MR) is 151 cm³/mol. The molecule has 1 unspecified atom stereocenters. The second-order valence-corrected chi connectivity index (χ2v) is 10.1. The fourth-order valence-electron chi connectivity index (χ4n) is 4.94. The first kappa shape index (κ1) is 30.5. The predicted octanol–water partition coefficient (Wildman–Crippen LogP) is 2.65. The van der Waals surface area contributed by atoms with E-state index in [0.29, 0.717) is 18.8 Å². The maximum atomic E-state index is 14.1. The fraction of sp³-hybridized carbons (Fsp3) is 0.333. The Kier molecular flexibility index (Phi) is 9.48. The van der Waals surface area contributed by atoms with Crippen molar-refractivity contribution in [3.05, 3.63) is 83.0 Å². The molecular formula is C30H33F2N5O5. The monoisotopic (exact) mass is 581 g/mol. The minimum Gasteiger partial charge on any atom is -0.384 e. The Bertz CT molecular complexity index is 1410. The topological polar surface area (TPSA) is 147 Å². The summed E-state index contributed by atoms with van der Waals surface area (Å²) in [6.45, 7) is 3.99. The molecule has 2 aromatic rings. The molecule has 1 spiro atoms. The summed E-state index contributed by atoms with van der Waals surface area (Å²) in [6.07, 6.45) is 3.51. The number of hydrogen-bond acceptors (Lipinski definition) is 6. The second kappa shape index (κ2) is 13.0. The molecule has 3 amide bonds. The van der Waals surface area contributed by atoms with Gasteiger partial charge in [-0.3, -0.25) is 19.8 Å². The summed E-state index contributed by atoms with van der Waals surface area (Å²) < 4.78 is 39.7. The number of ether oxygens (including phenoxy) is 2. The summed E-state index contributed by atoms with van der Waals surface area (Å²) >= 11 is 0. The van der Waals surface area contributed by atoms with Gasteiger partial charge in [-0.25, -0.2) is 8.78 Å². The van der Waals surface area contributed by atoms with Crippen LogP contribution < -0.4 is 16.4 Å². The van der Waals surface area contributed by atoms with Crippen molar-refractivity contribution < 1.29 is 32.6 Å². The standard InChI is InChI=1S/C30H33F2N5O5/c1-3-19(27(33)34)13-18(2)15-35-29(40)24-14-30(41-11-12-42-30)17-37(24)25(38)16-36-28(39)21-9-7-20(8-10-21)26-22(31)5-4-6-23(26)32/h3-10,13,24H,11-12,14-17H2,1-2H3,(H3,33,34)(H,35,40)(H,36,39)/b18-13+,19-3+. The van der Waals surface area contributed by atoms with E-state index in [2.05, 4.69) is 10.6 Å². The highest BCUT2D eigenvalue weighted by molar-refractivity contribution is 5.98. The number of halogens is 2. The number of hydrogen-bond donors (Lipinski definition) is 4. The zero-order valence-corrected chi connectivity index (χ0v) is 23.3. The molecule has 5 N–H and O–H groups in total. The van der Waals surface area contributed by atoms with Gasteiger partial charge in [0.2, 0.25) is 11.8 Å². The van der Waals surface area contributed by atoms with Gasteiger partial charge in [0.05, 0.1) is 31.9 Å². The van der Waals surface area contributed by atoms with Gasteiger partial charge in [-0.1, -0.05) is 35.9 Å². The summed E-state index contributed by atoms with van der Waals surface area (Å²) in [5, 5.41) is 13.0. The summed E-state index contributed by atoms with van der Waals surface area (Å²) in [5.74, 6) is -4.14. The summed E-state index contributed by atoms with van der Waals surface area (Å²) in [6, 6.07) is 8.32. The molecule has 10 nitrogen and oxygen atoms in total. The quantitative estimate of drug-likeness (QED) is 0.203. The minimum absolute atomic E-state index is 0.0184. The molecule has 222 valence electrons. The molecule has 1 atom stereocenters. The summed E-state index contributed by atoms with van der Waals surface area (Å²) in [4.78, 5) is 40.5. The van der Waals surface area contributed by atoms with Gasteiger partial charge in [0.15, 0.2) is 5.79 Å². The van der Waals surface area contributed by atoms with Crippen LogP contribution in [0.1, 0.15) is 30.6 Å². The number of nitrogens with zero attached hydrogens (tertiary/aromatic N) is 1. The number of nitrogens with two attached hydrogens (primary N) is 1. The lowest BCUT2D eigenvalue weighted by molar-refractivity contribution is -0.152. The smallest absolute Gasteiger partial charge is 0.251 e. The SMILES string of the molecule is C/C=C(\C=C(/C)CNC(=O)C1CC2(CN1C(=O)CNC(=O)c1ccc(-c3c(F)cccc3F)cc1)OCCO2)C(=N)N. The van der Waals surface area contributed by atoms with Crippen LogP contribution in [0.5, 0.6) is 0 Å². The van der Waals surface area contributed by atoms with Crippen molar-refractivity contribution >= 4 is 23.6 Å². The van der Waals surface area contributed by atoms with Crippen molar-refractivity contribution in [1.82, 2.24) is 15.5 Å². The Balaban J connectivity index is 1.40. The third-order valence-corrected chi connectivity index (χ3v) is 7.09. The number of amides is 3. The Morgan fingerprint density at radius 3 is 2.31 bits per heavy atom. The van der Waals surface area contributed by atoms with Gasteiger partial charge in [-0.2, -0.15) is 0 Å². The molecule has 2 aliphatic heterocycles. The first-order valence-corrected chi connectivity index (χ1v) is 13.4. The van der Waals surface area contributed by atoms with Crippen LogP contribution >= 0.6 is 0 Å². The zero-order valence-electron chi connectivity index (χ0n) is 23.3. The van der Waals surface area contributed by atoms with E-state index in [1.165, 1.54) is 35.2 Å². The van der Waals surface area contributed by atoms with Gasteiger partial charge < -0.3 is 30.7 Å². The number of likely N-dealkylation sites (tertiary alicyclic amines) is 1. The number of carbonyl (C=O) groups excluding carboxylic acids is 3. The molecule has 2 saturated heterocycles. The molecule has 0 aliphatic carbocycles. The van der Waals surface area contributed by atoms with E-state index in [-0.39, 0.29) is 42.0 Å². The van der Waals surface area contributed by atoms with Gasteiger partial charge in [0.1, 0.15) is 23.5 Å². The lowest BCUT2D eigenvalue weighted by Crippen LogP contribution is -2.49. The number of benzene rings is 2. The Hall–Kier alpha value is -4.42. The van der Waals surface area contributed by atoms with Crippen LogP contribution in [0.15, 0.2) is 65.8 Å². The number of carbonyl (C=O) groups is 3. The van der Waals surface area contributed by atoms with Crippen molar-refractivity contribution in [2.45, 2.75) is 32.1 Å². The number of allylic oxidation sites excluding steroid dienone is 1. The van der Waals surface area contributed by atoms with Crippen molar-refractivity contribution in [2.75, 3.05) is 32.8 Å². The van der Waals surface area contributed by atoms with Crippen molar-refractivity contribution in [3.8, 4) is 11.1 Å². The second-order valence-electron chi connectivity index (χ2n) is 10.1. The highest BCUT2D eigenvalue weighted by Crippen LogP contribution is 2.35. The average Bonchev–Trinajstić information content (AvgIpc) is 3.59. The van der Waals surface area contributed by atoms with Crippen LogP contribution in [0.25, 0.3) is 11.1 Å². The molecule has 2 fully saturated rings. The van der Waals surface area contributed by atoms with Crippen LogP contribution in [-0.4, -0.2) is 73.1 Å². The van der Waals surface area contributed by atoms with E-state index in [1.807, 2.05) is 0 Å². The fourth-order valence-corrected chi connectivity index (χ4v) is 4.94. The zero-order chi connectivity index (χ0) is 30.4. The van der Waals surface area contributed by atoms with Crippen LogP contribution in [0.4, 0.5) is 8.78 Å². The van der Waals surface area contributed by atoms with E-state index in [9.17, 15) is 23.2 Å². The first-order valence-electron chi connectivity index (χ1n) is 13.4. The Labute approximate surface area is 242 Å². The van der Waals surface area contributed by atoms with Crippen molar-refractivity contribution in [3.63, 3.8) is 0 Å². The first-order chi connectivity index (χ1) is 20.0. The molecule has 2 aliphatic rings. The Morgan fingerprint density at radius 1 is 1.07 bits per heavy atom. The van der Waals surface area contributed by atoms with Gasteiger partial charge in [0.25, 0.3) is 5.91 Å². The molecule has 0 aromatic heterocycles. The van der Waals surface area contributed by atoms with E-state index in [4.69, 9.17) is 20.6 Å². The van der Waals surface area contributed by atoms with Crippen LogP contribution in [0, 0.1) is 17.0 Å². The highest BCUT2D eigenvalue weighted by atomic mass is 19.1. The normalized spacial score (nSPS) is 18.3. The van der Waals surface area contributed by atoms with Gasteiger partial charge in [-0.05, 0) is 43.7 Å².